The van der Waals surface area contributed by atoms with Gasteiger partial charge < -0.3 is 14.2 Å². The summed E-state index contributed by atoms with van der Waals surface area (Å²) in [6.45, 7) is 2.81. The van der Waals surface area contributed by atoms with Gasteiger partial charge in [0.2, 0.25) is 5.91 Å². The van der Waals surface area contributed by atoms with Gasteiger partial charge in [-0.15, -0.1) is 0 Å². The van der Waals surface area contributed by atoms with Crippen LogP contribution in [-0.2, 0) is 22.5 Å². The molecule has 1 aromatic heterocycles. The van der Waals surface area contributed by atoms with Crippen molar-refractivity contribution in [3.63, 3.8) is 0 Å². The second kappa shape index (κ2) is 9.08. The van der Waals surface area contributed by atoms with Crippen molar-refractivity contribution in [1.29, 1.82) is 0 Å². The van der Waals surface area contributed by atoms with E-state index < -0.39 is 11.6 Å². The van der Waals surface area contributed by atoms with Gasteiger partial charge in [0.25, 0.3) is 0 Å². The largest absolute Gasteiger partial charge is 0.383 e. The predicted octanol–water partition coefficient (Wildman–Crippen LogP) is 3.15. The lowest BCUT2D eigenvalue weighted by Gasteiger charge is -2.32. The molecule has 3 rings (SSSR count). The summed E-state index contributed by atoms with van der Waals surface area (Å²) in [5.41, 5.74) is 0.636. The van der Waals surface area contributed by atoms with Crippen LogP contribution < -0.4 is 0 Å². The standard InChI is InChI=1S/C20H25F2N3O2/c1-27-13-12-25-11-8-23-20(25)16-6-9-24(10-7-16)19(26)5-3-15-2-4-17(21)18(22)14-15/h2,4,8,11,14,16H,3,5-7,9-10,12-13H2,1H3. The molecule has 1 aromatic carbocycles. The fourth-order valence-electron chi connectivity index (χ4n) is 3.55. The van der Waals surface area contributed by atoms with Crippen LogP contribution in [0, 0.1) is 11.6 Å². The third-order valence-corrected chi connectivity index (χ3v) is 5.11. The zero-order chi connectivity index (χ0) is 19.2. The van der Waals surface area contributed by atoms with Crippen LogP contribution in [0.25, 0.3) is 0 Å². The first kappa shape index (κ1) is 19.5. The molecular formula is C20H25F2N3O2. The number of halogens is 2. The Morgan fingerprint density at radius 2 is 2.04 bits per heavy atom. The average Bonchev–Trinajstić information content (AvgIpc) is 3.15. The fraction of sp³-hybridized carbons (Fsp3) is 0.500. The smallest absolute Gasteiger partial charge is 0.222 e. The molecule has 7 heteroatoms. The third kappa shape index (κ3) is 4.91. The molecule has 0 saturated carbocycles. The molecule has 0 atom stereocenters. The molecule has 5 nitrogen and oxygen atoms in total. The number of rotatable bonds is 7. The predicted molar refractivity (Wildman–Crippen MR) is 97.3 cm³/mol. The lowest BCUT2D eigenvalue weighted by Crippen LogP contribution is -2.38. The molecule has 27 heavy (non-hydrogen) atoms. The van der Waals surface area contributed by atoms with Crippen LogP contribution in [0.4, 0.5) is 8.78 Å². The van der Waals surface area contributed by atoms with Gasteiger partial charge in [-0.2, -0.15) is 0 Å². The van der Waals surface area contributed by atoms with Crippen LogP contribution in [0.15, 0.2) is 30.6 Å². The summed E-state index contributed by atoms with van der Waals surface area (Å²) in [5.74, 6) is -0.283. The van der Waals surface area contributed by atoms with Gasteiger partial charge in [0.05, 0.1) is 6.61 Å². The Labute approximate surface area is 158 Å². The quantitative estimate of drug-likeness (QED) is 0.745. The maximum absolute atomic E-state index is 13.3. The van der Waals surface area contributed by atoms with Crippen LogP contribution in [-0.4, -0.2) is 47.2 Å². The molecule has 2 aromatic rings. The summed E-state index contributed by atoms with van der Waals surface area (Å²) < 4.78 is 33.5. The summed E-state index contributed by atoms with van der Waals surface area (Å²) in [4.78, 5) is 18.8. The summed E-state index contributed by atoms with van der Waals surface area (Å²) in [6.07, 6.45) is 6.25. The highest BCUT2D eigenvalue weighted by molar-refractivity contribution is 5.76. The molecule has 0 spiro atoms. The minimum absolute atomic E-state index is 0.0564. The number of amides is 1. The van der Waals surface area contributed by atoms with E-state index in [1.54, 1.807) is 7.11 Å². The van der Waals surface area contributed by atoms with Crippen molar-refractivity contribution in [3.8, 4) is 0 Å². The van der Waals surface area contributed by atoms with Gasteiger partial charge in [-0.25, -0.2) is 13.8 Å². The first-order valence-corrected chi connectivity index (χ1v) is 9.30. The molecule has 1 fully saturated rings. The first-order valence-electron chi connectivity index (χ1n) is 9.30. The van der Waals surface area contributed by atoms with Crippen LogP contribution >= 0.6 is 0 Å². The third-order valence-electron chi connectivity index (χ3n) is 5.11. The summed E-state index contributed by atoms with van der Waals surface area (Å²) in [7, 11) is 1.68. The Morgan fingerprint density at radius 3 is 2.74 bits per heavy atom. The fourth-order valence-corrected chi connectivity index (χ4v) is 3.55. The van der Waals surface area contributed by atoms with E-state index in [2.05, 4.69) is 9.55 Å². The van der Waals surface area contributed by atoms with Gasteiger partial charge >= 0.3 is 0 Å². The zero-order valence-corrected chi connectivity index (χ0v) is 15.5. The molecule has 1 aliphatic heterocycles. The molecule has 0 aliphatic carbocycles. The van der Waals surface area contributed by atoms with Crippen LogP contribution in [0.3, 0.4) is 0 Å². The number of methoxy groups -OCH3 is 1. The van der Waals surface area contributed by atoms with Crippen molar-refractivity contribution in [2.24, 2.45) is 0 Å². The van der Waals surface area contributed by atoms with E-state index in [4.69, 9.17) is 4.74 Å². The van der Waals surface area contributed by atoms with Gasteiger partial charge in [-0.3, -0.25) is 4.79 Å². The van der Waals surface area contributed by atoms with Crippen molar-refractivity contribution in [2.45, 2.75) is 38.1 Å². The molecule has 1 aliphatic rings. The maximum atomic E-state index is 13.3. The van der Waals surface area contributed by atoms with Gasteiger partial charge in [0, 0.05) is 51.5 Å². The van der Waals surface area contributed by atoms with Crippen LogP contribution in [0.2, 0.25) is 0 Å². The number of hydrogen-bond donors (Lipinski definition) is 0. The molecular weight excluding hydrogens is 352 g/mol. The van der Waals surface area contributed by atoms with Crippen LogP contribution in [0.1, 0.15) is 36.6 Å². The van der Waals surface area contributed by atoms with Crippen molar-refractivity contribution in [3.05, 3.63) is 53.6 Å². The van der Waals surface area contributed by atoms with E-state index in [0.717, 1.165) is 37.3 Å². The van der Waals surface area contributed by atoms with E-state index in [-0.39, 0.29) is 5.91 Å². The second-order valence-corrected chi connectivity index (χ2v) is 6.88. The van der Waals surface area contributed by atoms with Crippen molar-refractivity contribution in [1.82, 2.24) is 14.5 Å². The number of carbonyl (C=O) groups excluding carboxylic acids is 1. The van der Waals surface area contributed by atoms with E-state index in [1.807, 2.05) is 17.3 Å². The molecule has 2 heterocycles. The number of likely N-dealkylation sites (tertiary alicyclic amines) is 1. The average molecular weight is 377 g/mol. The minimum Gasteiger partial charge on any atom is -0.383 e. The Bertz CT molecular complexity index is 770. The van der Waals surface area contributed by atoms with E-state index in [9.17, 15) is 13.6 Å². The normalized spacial score (nSPS) is 15.3. The Kier molecular flexibility index (Phi) is 6.55. The van der Waals surface area contributed by atoms with Gasteiger partial charge in [0.15, 0.2) is 11.6 Å². The molecule has 0 unspecified atom stereocenters. The Balaban J connectivity index is 1.49. The van der Waals surface area contributed by atoms with Crippen molar-refractivity contribution >= 4 is 5.91 Å². The van der Waals surface area contributed by atoms with Crippen LogP contribution in [0.5, 0.6) is 0 Å². The topological polar surface area (TPSA) is 47.4 Å². The first-order chi connectivity index (χ1) is 13.1. The number of imidazole rings is 1. The van der Waals surface area contributed by atoms with E-state index in [1.165, 1.54) is 6.07 Å². The number of ether oxygens (including phenoxy) is 1. The highest BCUT2D eigenvalue weighted by atomic mass is 19.2. The number of benzene rings is 1. The molecule has 1 amide bonds. The highest BCUT2D eigenvalue weighted by Crippen LogP contribution is 2.27. The number of hydrogen-bond acceptors (Lipinski definition) is 3. The Hall–Kier alpha value is -2.28. The summed E-state index contributed by atoms with van der Waals surface area (Å²) in [6, 6.07) is 3.79. The van der Waals surface area contributed by atoms with Crippen molar-refractivity contribution < 1.29 is 18.3 Å². The second-order valence-electron chi connectivity index (χ2n) is 6.88. The maximum Gasteiger partial charge on any atom is 0.222 e. The monoisotopic (exact) mass is 377 g/mol. The number of nitrogens with zero attached hydrogens (tertiary/aromatic N) is 3. The minimum atomic E-state index is -0.871. The lowest BCUT2D eigenvalue weighted by molar-refractivity contribution is -0.132. The lowest BCUT2D eigenvalue weighted by atomic mass is 9.95. The molecule has 0 radical (unpaired) electrons. The molecule has 0 bridgehead atoms. The Morgan fingerprint density at radius 1 is 1.26 bits per heavy atom. The van der Waals surface area contributed by atoms with Gasteiger partial charge in [-0.1, -0.05) is 6.07 Å². The zero-order valence-electron chi connectivity index (χ0n) is 15.5. The summed E-state index contributed by atoms with van der Waals surface area (Å²) >= 11 is 0. The number of piperidine rings is 1. The van der Waals surface area contributed by atoms with Gasteiger partial charge in [-0.05, 0) is 37.0 Å². The van der Waals surface area contributed by atoms with E-state index >= 15 is 0 Å². The van der Waals surface area contributed by atoms with E-state index in [0.29, 0.717) is 44.0 Å². The van der Waals surface area contributed by atoms with Gasteiger partial charge in [0.1, 0.15) is 5.82 Å². The number of carbonyl (C=O) groups is 1. The SMILES string of the molecule is COCCn1ccnc1C1CCN(C(=O)CCc2ccc(F)c(F)c2)CC1. The molecule has 1 saturated heterocycles. The highest BCUT2D eigenvalue weighted by Gasteiger charge is 2.26. The number of aromatic nitrogens is 2. The summed E-state index contributed by atoms with van der Waals surface area (Å²) in [5, 5.41) is 0. The molecule has 146 valence electrons. The van der Waals surface area contributed by atoms with Crippen molar-refractivity contribution in [2.75, 3.05) is 26.8 Å². The number of aryl methyl sites for hydroxylation is 1. The molecule has 0 N–H and O–H groups in total.